The van der Waals surface area contributed by atoms with Crippen LogP contribution in [0.5, 0.6) is 5.75 Å². The standard InChI is InChI=1S/C18H25N3O3/c22-17(13-21-12-6-11-19-18(21)23)20-15-9-4-5-10-16(15)24-14-7-2-1-3-8-14/h1-3,7-8,15-16H,4-6,9-13H2,(H,19,23)(H,20,22)/t15-,16-/m0/s1. The van der Waals surface area contributed by atoms with Crippen molar-refractivity contribution in [3.63, 3.8) is 0 Å². The van der Waals surface area contributed by atoms with E-state index in [0.717, 1.165) is 37.9 Å². The Balaban J connectivity index is 1.55. The summed E-state index contributed by atoms with van der Waals surface area (Å²) >= 11 is 0. The number of nitrogens with one attached hydrogen (secondary N) is 2. The summed E-state index contributed by atoms with van der Waals surface area (Å²) in [6, 6.07) is 9.56. The first-order valence-electron chi connectivity index (χ1n) is 8.76. The zero-order chi connectivity index (χ0) is 16.8. The van der Waals surface area contributed by atoms with Gasteiger partial charge in [0.2, 0.25) is 5.91 Å². The van der Waals surface area contributed by atoms with Crippen molar-refractivity contribution in [3.05, 3.63) is 30.3 Å². The van der Waals surface area contributed by atoms with E-state index in [1.165, 1.54) is 0 Å². The molecule has 1 saturated heterocycles. The molecule has 2 N–H and O–H groups in total. The van der Waals surface area contributed by atoms with E-state index in [4.69, 9.17) is 4.74 Å². The fourth-order valence-electron chi connectivity index (χ4n) is 3.33. The van der Waals surface area contributed by atoms with Crippen LogP contribution in [0.25, 0.3) is 0 Å². The first-order valence-corrected chi connectivity index (χ1v) is 8.76. The topological polar surface area (TPSA) is 70.7 Å². The molecule has 0 radical (unpaired) electrons. The lowest BCUT2D eigenvalue weighted by atomic mass is 9.92. The van der Waals surface area contributed by atoms with E-state index >= 15 is 0 Å². The summed E-state index contributed by atoms with van der Waals surface area (Å²) in [4.78, 5) is 25.6. The molecular weight excluding hydrogens is 306 g/mol. The third kappa shape index (κ3) is 4.40. The molecule has 24 heavy (non-hydrogen) atoms. The Labute approximate surface area is 142 Å². The molecule has 0 spiro atoms. The van der Waals surface area contributed by atoms with Gasteiger partial charge in [0.05, 0.1) is 6.04 Å². The molecule has 1 aliphatic heterocycles. The van der Waals surface area contributed by atoms with Crippen LogP contribution in [0.15, 0.2) is 30.3 Å². The van der Waals surface area contributed by atoms with E-state index in [9.17, 15) is 9.59 Å². The van der Waals surface area contributed by atoms with E-state index in [1.54, 1.807) is 4.90 Å². The fraction of sp³-hybridized carbons (Fsp3) is 0.556. The maximum atomic E-state index is 12.3. The molecule has 1 saturated carbocycles. The van der Waals surface area contributed by atoms with Crippen LogP contribution in [0.2, 0.25) is 0 Å². The molecule has 0 bridgehead atoms. The highest BCUT2D eigenvalue weighted by atomic mass is 16.5. The van der Waals surface area contributed by atoms with Gasteiger partial charge in [0.25, 0.3) is 0 Å². The van der Waals surface area contributed by atoms with Gasteiger partial charge in [-0.05, 0) is 37.8 Å². The van der Waals surface area contributed by atoms with Gasteiger partial charge in [-0.2, -0.15) is 0 Å². The SMILES string of the molecule is O=C(CN1CCCNC1=O)N[C@H]1CCCC[C@@H]1Oc1ccccc1. The molecule has 2 atom stereocenters. The van der Waals surface area contributed by atoms with Gasteiger partial charge in [-0.15, -0.1) is 0 Å². The highest BCUT2D eigenvalue weighted by molar-refractivity contribution is 5.84. The highest BCUT2D eigenvalue weighted by Gasteiger charge is 2.29. The predicted molar refractivity (Wildman–Crippen MR) is 90.8 cm³/mol. The molecule has 130 valence electrons. The highest BCUT2D eigenvalue weighted by Crippen LogP contribution is 2.23. The van der Waals surface area contributed by atoms with Crippen molar-refractivity contribution in [1.29, 1.82) is 0 Å². The first-order chi connectivity index (χ1) is 11.7. The van der Waals surface area contributed by atoms with E-state index in [-0.39, 0.29) is 30.6 Å². The van der Waals surface area contributed by atoms with Crippen molar-refractivity contribution in [2.24, 2.45) is 0 Å². The molecule has 1 aromatic rings. The van der Waals surface area contributed by atoms with Gasteiger partial charge in [-0.3, -0.25) is 4.79 Å². The third-order valence-corrected chi connectivity index (χ3v) is 4.58. The van der Waals surface area contributed by atoms with Crippen molar-refractivity contribution in [2.75, 3.05) is 19.6 Å². The smallest absolute Gasteiger partial charge is 0.317 e. The molecule has 0 unspecified atom stereocenters. The zero-order valence-corrected chi connectivity index (χ0v) is 13.9. The van der Waals surface area contributed by atoms with Crippen LogP contribution in [-0.4, -0.2) is 48.6 Å². The first kappa shape index (κ1) is 16.6. The summed E-state index contributed by atoms with van der Waals surface area (Å²) in [7, 11) is 0. The lowest BCUT2D eigenvalue weighted by molar-refractivity contribution is -0.123. The molecule has 3 rings (SSSR count). The average Bonchev–Trinajstić information content (AvgIpc) is 2.60. The van der Waals surface area contributed by atoms with Gasteiger partial charge in [0, 0.05) is 13.1 Å². The molecule has 1 aliphatic carbocycles. The minimum Gasteiger partial charge on any atom is -0.488 e. The van der Waals surface area contributed by atoms with Gasteiger partial charge in [-0.1, -0.05) is 24.6 Å². The van der Waals surface area contributed by atoms with Gasteiger partial charge in [0.15, 0.2) is 0 Å². The van der Waals surface area contributed by atoms with Crippen molar-refractivity contribution in [2.45, 2.75) is 44.2 Å². The monoisotopic (exact) mass is 331 g/mol. The average molecular weight is 331 g/mol. The molecule has 2 fully saturated rings. The number of urea groups is 1. The Morgan fingerprint density at radius 1 is 1.21 bits per heavy atom. The molecule has 6 heteroatoms. The summed E-state index contributed by atoms with van der Waals surface area (Å²) in [6.07, 6.45) is 4.91. The number of para-hydroxylation sites is 1. The van der Waals surface area contributed by atoms with Crippen molar-refractivity contribution >= 4 is 11.9 Å². The number of carbonyl (C=O) groups excluding carboxylic acids is 2. The number of hydrogen-bond acceptors (Lipinski definition) is 3. The zero-order valence-electron chi connectivity index (χ0n) is 13.9. The Morgan fingerprint density at radius 2 is 2.00 bits per heavy atom. The summed E-state index contributed by atoms with van der Waals surface area (Å²) < 4.78 is 6.07. The molecule has 3 amide bonds. The van der Waals surface area contributed by atoms with Crippen LogP contribution in [0, 0.1) is 0 Å². The third-order valence-electron chi connectivity index (χ3n) is 4.58. The van der Waals surface area contributed by atoms with E-state index in [1.807, 2.05) is 30.3 Å². The van der Waals surface area contributed by atoms with Gasteiger partial charge >= 0.3 is 6.03 Å². The van der Waals surface area contributed by atoms with Gasteiger partial charge in [-0.25, -0.2) is 4.79 Å². The lowest BCUT2D eigenvalue weighted by Crippen LogP contribution is -2.53. The Bertz CT molecular complexity index is 564. The van der Waals surface area contributed by atoms with Crippen LogP contribution < -0.4 is 15.4 Å². The summed E-state index contributed by atoms with van der Waals surface area (Å²) in [5.41, 5.74) is 0. The minimum absolute atomic E-state index is 0.000641. The van der Waals surface area contributed by atoms with E-state index in [2.05, 4.69) is 10.6 Å². The molecule has 0 aromatic heterocycles. The number of nitrogens with zero attached hydrogens (tertiary/aromatic N) is 1. The number of amides is 3. The Morgan fingerprint density at radius 3 is 2.79 bits per heavy atom. The number of carbonyl (C=O) groups is 2. The van der Waals surface area contributed by atoms with Gasteiger partial charge < -0.3 is 20.3 Å². The van der Waals surface area contributed by atoms with Crippen molar-refractivity contribution in [3.8, 4) is 5.75 Å². The van der Waals surface area contributed by atoms with Crippen LogP contribution in [-0.2, 0) is 4.79 Å². The molecule has 1 aromatic carbocycles. The maximum Gasteiger partial charge on any atom is 0.317 e. The van der Waals surface area contributed by atoms with E-state index in [0.29, 0.717) is 13.1 Å². The van der Waals surface area contributed by atoms with Crippen LogP contribution >= 0.6 is 0 Å². The normalized spacial score (nSPS) is 24.2. The molecule has 1 heterocycles. The number of ether oxygens (including phenoxy) is 1. The fourth-order valence-corrected chi connectivity index (χ4v) is 3.33. The Hall–Kier alpha value is -2.24. The maximum absolute atomic E-state index is 12.3. The second-order valence-corrected chi connectivity index (χ2v) is 6.43. The van der Waals surface area contributed by atoms with E-state index < -0.39 is 0 Å². The second-order valence-electron chi connectivity index (χ2n) is 6.43. The molecule has 6 nitrogen and oxygen atoms in total. The number of rotatable bonds is 5. The molecular formula is C18H25N3O3. The number of benzene rings is 1. The quantitative estimate of drug-likeness (QED) is 0.866. The van der Waals surface area contributed by atoms with Crippen LogP contribution in [0.4, 0.5) is 4.79 Å². The summed E-state index contributed by atoms with van der Waals surface area (Å²) in [5.74, 6) is 0.722. The molecule has 2 aliphatic rings. The van der Waals surface area contributed by atoms with Crippen molar-refractivity contribution in [1.82, 2.24) is 15.5 Å². The van der Waals surface area contributed by atoms with Gasteiger partial charge in [0.1, 0.15) is 18.4 Å². The largest absolute Gasteiger partial charge is 0.488 e. The number of hydrogen-bond donors (Lipinski definition) is 2. The van der Waals surface area contributed by atoms with Crippen LogP contribution in [0.3, 0.4) is 0 Å². The summed E-state index contributed by atoms with van der Waals surface area (Å²) in [5, 5.41) is 5.84. The minimum atomic E-state index is -0.155. The predicted octanol–water partition coefficient (Wildman–Crippen LogP) is 1.91. The van der Waals surface area contributed by atoms with Crippen molar-refractivity contribution < 1.29 is 14.3 Å². The Kier molecular flexibility index (Phi) is 5.56. The summed E-state index contributed by atoms with van der Waals surface area (Å²) in [6.45, 7) is 1.43. The second kappa shape index (κ2) is 8.04. The lowest BCUT2D eigenvalue weighted by Gasteiger charge is -2.33. The van der Waals surface area contributed by atoms with Crippen LogP contribution in [0.1, 0.15) is 32.1 Å².